The molecule has 176 valence electrons. The molecule has 2 aromatic carbocycles. The Morgan fingerprint density at radius 2 is 1.85 bits per heavy atom. The molecule has 0 N–H and O–H groups in total. The number of halogens is 2. The number of hydrogen-bond acceptors (Lipinski definition) is 5. The van der Waals surface area contributed by atoms with Crippen LogP contribution in [0.3, 0.4) is 0 Å². The molecule has 6 nitrogen and oxygen atoms in total. The number of amides is 1. The summed E-state index contributed by atoms with van der Waals surface area (Å²) in [7, 11) is 0. The molecule has 2 aliphatic heterocycles. The quantitative estimate of drug-likeness (QED) is 0.423. The number of thioether (sulfide) groups is 1. The van der Waals surface area contributed by atoms with Crippen molar-refractivity contribution in [2.75, 3.05) is 11.5 Å². The van der Waals surface area contributed by atoms with E-state index in [9.17, 15) is 23.7 Å². The lowest BCUT2D eigenvalue weighted by Crippen LogP contribution is -2.45. The van der Waals surface area contributed by atoms with Crippen molar-refractivity contribution in [1.29, 1.82) is 0 Å². The Labute approximate surface area is 195 Å². The van der Waals surface area contributed by atoms with Crippen molar-refractivity contribution in [2.24, 2.45) is 5.92 Å². The summed E-state index contributed by atoms with van der Waals surface area (Å²) in [5.74, 6) is -1.15. The highest BCUT2D eigenvalue weighted by Crippen LogP contribution is 2.38. The average molecular weight is 477 g/mol. The number of benzene rings is 2. The molecule has 1 amide bonds. The molecule has 2 aromatic rings. The van der Waals surface area contributed by atoms with Crippen LogP contribution in [0.1, 0.15) is 37.5 Å². The van der Waals surface area contributed by atoms with Gasteiger partial charge in [-0.25, -0.2) is 4.79 Å². The minimum Gasteiger partial charge on any atom is -0.444 e. The Kier molecular flexibility index (Phi) is 6.35. The van der Waals surface area contributed by atoms with Gasteiger partial charge < -0.3 is 4.74 Å². The zero-order valence-electron chi connectivity index (χ0n) is 18.7. The Morgan fingerprint density at radius 3 is 2.48 bits per heavy atom. The van der Waals surface area contributed by atoms with Gasteiger partial charge in [0.15, 0.2) is 0 Å². The van der Waals surface area contributed by atoms with Crippen LogP contribution >= 0.6 is 11.8 Å². The fourth-order valence-corrected chi connectivity index (χ4v) is 5.87. The molecule has 3 atom stereocenters. The third kappa shape index (κ3) is 4.83. The van der Waals surface area contributed by atoms with Crippen LogP contribution in [0.15, 0.2) is 36.4 Å². The normalized spacial score (nSPS) is 22.8. The molecule has 0 unspecified atom stereocenters. The maximum absolute atomic E-state index is 14.1. The van der Waals surface area contributed by atoms with E-state index in [1.54, 1.807) is 16.7 Å². The molecule has 0 saturated carbocycles. The molecule has 0 aliphatic carbocycles. The van der Waals surface area contributed by atoms with Crippen molar-refractivity contribution in [3.63, 3.8) is 0 Å². The van der Waals surface area contributed by atoms with Gasteiger partial charge in [0.05, 0.1) is 11.0 Å². The van der Waals surface area contributed by atoms with E-state index in [0.717, 1.165) is 23.4 Å². The third-order valence-corrected chi connectivity index (χ3v) is 7.48. The fraction of sp³-hybridized carbons (Fsp3) is 0.458. The first kappa shape index (κ1) is 23.5. The molecule has 2 saturated heterocycles. The van der Waals surface area contributed by atoms with Gasteiger partial charge in [-0.15, -0.1) is 0 Å². The lowest BCUT2D eigenvalue weighted by molar-refractivity contribution is -0.390. The van der Waals surface area contributed by atoms with Crippen molar-refractivity contribution in [3.8, 4) is 0 Å². The first-order chi connectivity index (χ1) is 15.5. The number of ether oxygens (including phenoxy) is 1. The minimum atomic E-state index is -1.20. The molecule has 0 spiro atoms. The number of carbonyl (C=O) groups is 1. The summed E-state index contributed by atoms with van der Waals surface area (Å²) in [6, 6.07) is 10.0. The lowest BCUT2D eigenvalue weighted by Gasteiger charge is -2.34. The summed E-state index contributed by atoms with van der Waals surface area (Å²) in [6.07, 6.45) is -0.522. The standard InChI is InChI=1S/C24H26F2N2O4S/c1-24(2,3)17-6-4-5-14(8-17)11-27-20-13-33-12-16(22(20)32-23(27)29)7-15-9-18(25)21(28(30)31)19(26)10-15/h4-6,8-10,16,20,22H,7,11-13H2,1-3H3/t16-,20+,22+/m1/s1. The second kappa shape index (κ2) is 8.93. The Morgan fingerprint density at radius 1 is 1.15 bits per heavy atom. The van der Waals surface area contributed by atoms with Crippen LogP contribution in [0.5, 0.6) is 0 Å². The van der Waals surface area contributed by atoms with E-state index in [2.05, 4.69) is 32.9 Å². The molecule has 2 fully saturated rings. The van der Waals surface area contributed by atoms with Gasteiger partial charge in [-0.1, -0.05) is 45.0 Å². The number of nitrogens with zero attached hydrogens (tertiary/aromatic N) is 2. The Bertz CT molecular complexity index is 1070. The van der Waals surface area contributed by atoms with Crippen LogP contribution in [0, 0.1) is 27.7 Å². The van der Waals surface area contributed by atoms with Crippen molar-refractivity contribution in [3.05, 3.63) is 74.8 Å². The van der Waals surface area contributed by atoms with Gasteiger partial charge in [0.25, 0.3) is 0 Å². The van der Waals surface area contributed by atoms with Crippen molar-refractivity contribution in [2.45, 2.75) is 51.3 Å². The van der Waals surface area contributed by atoms with E-state index in [1.165, 1.54) is 5.56 Å². The summed E-state index contributed by atoms with van der Waals surface area (Å²) in [5, 5.41) is 10.9. The third-order valence-electron chi connectivity index (χ3n) is 6.24. The average Bonchev–Trinajstić information content (AvgIpc) is 3.03. The maximum atomic E-state index is 14.1. The maximum Gasteiger partial charge on any atom is 0.410 e. The number of fused-ring (bicyclic) bond motifs is 1. The fourth-order valence-electron chi connectivity index (χ4n) is 4.51. The molecule has 4 rings (SSSR count). The van der Waals surface area contributed by atoms with E-state index in [4.69, 9.17) is 4.74 Å². The van der Waals surface area contributed by atoms with Gasteiger partial charge in [-0.3, -0.25) is 15.0 Å². The van der Waals surface area contributed by atoms with Crippen molar-refractivity contribution >= 4 is 23.5 Å². The van der Waals surface area contributed by atoms with Gasteiger partial charge in [0.2, 0.25) is 11.6 Å². The number of hydrogen-bond donors (Lipinski definition) is 0. The smallest absolute Gasteiger partial charge is 0.410 e. The SMILES string of the molecule is CC(C)(C)c1cccc(CN2C(=O)O[C@H]3[C@H](Cc4cc(F)c([N+](=O)[O-])c(F)c4)CSC[C@@H]32)c1. The van der Waals surface area contributed by atoms with E-state index in [1.807, 2.05) is 12.1 Å². The van der Waals surface area contributed by atoms with Gasteiger partial charge >= 0.3 is 11.8 Å². The van der Waals surface area contributed by atoms with Crippen molar-refractivity contribution < 1.29 is 23.2 Å². The number of carbonyl (C=O) groups excluding carboxylic acids is 1. The number of nitro benzene ring substituents is 1. The van der Waals surface area contributed by atoms with E-state index in [-0.39, 0.29) is 29.9 Å². The second-order valence-corrected chi connectivity index (χ2v) is 10.7. The van der Waals surface area contributed by atoms with Gasteiger partial charge in [0, 0.05) is 24.0 Å². The highest BCUT2D eigenvalue weighted by molar-refractivity contribution is 7.99. The predicted molar refractivity (Wildman–Crippen MR) is 122 cm³/mol. The first-order valence-corrected chi connectivity index (χ1v) is 12.0. The highest BCUT2D eigenvalue weighted by atomic mass is 32.2. The second-order valence-electron chi connectivity index (χ2n) is 9.66. The molecule has 9 heteroatoms. The zero-order valence-corrected chi connectivity index (χ0v) is 19.5. The number of rotatable bonds is 5. The van der Waals surface area contributed by atoms with Crippen LogP contribution in [0.4, 0.5) is 19.3 Å². The Hall–Kier alpha value is -2.68. The highest BCUT2D eigenvalue weighted by Gasteiger charge is 2.47. The zero-order chi connectivity index (χ0) is 23.9. The summed E-state index contributed by atoms with van der Waals surface area (Å²) in [5.41, 5.74) is 1.36. The van der Waals surface area contributed by atoms with Crippen molar-refractivity contribution in [1.82, 2.24) is 4.90 Å². The topological polar surface area (TPSA) is 72.7 Å². The molecular formula is C24H26F2N2O4S. The van der Waals surface area contributed by atoms with Gasteiger partial charge in [-0.05, 0) is 40.7 Å². The molecule has 0 radical (unpaired) electrons. The van der Waals surface area contributed by atoms with Crippen LogP contribution in [0.25, 0.3) is 0 Å². The molecule has 0 bridgehead atoms. The van der Waals surface area contributed by atoms with Crippen LogP contribution in [-0.4, -0.2) is 39.6 Å². The largest absolute Gasteiger partial charge is 0.444 e. The Balaban J connectivity index is 1.52. The van der Waals surface area contributed by atoms with E-state index < -0.39 is 28.3 Å². The number of nitro groups is 1. The molecule has 0 aromatic heterocycles. The summed E-state index contributed by atoms with van der Waals surface area (Å²) in [6.45, 7) is 6.84. The predicted octanol–water partition coefficient (Wildman–Crippen LogP) is 5.47. The molecule has 2 heterocycles. The monoisotopic (exact) mass is 476 g/mol. The van der Waals surface area contributed by atoms with E-state index in [0.29, 0.717) is 17.9 Å². The van der Waals surface area contributed by atoms with Crippen LogP contribution < -0.4 is 0 Å². The molecule has 33 heavy (non-hydrogen) atoms. The van der Waals surface area contributed by atoms with Crippen LogP contribution in [-0.2, 0) is 23.1 Å². The van der Waals surface area contributed by atoms with Gasteiger partial charge in [0.1, 0.15) is 6.10 Å². The van der Waals surface area contributed by atoms with E-state index >= 15 is 0 Å². The minimum absolute atomic E-state index is 0.00878. The van der Waals surface area contributed by atoms with Crippen LogP contribution in [0.2, 0.25) is 0 Å². The van der Waals surface area contributed by atoms with Gasteiger partial charge in [-0.2, -0.15) is 20.5 Å². The summed E-state index contributed by atoms with van der Waals surface area (Å²) < 4.78 is 33.9. The lowest BCUT2D eigenvalue weighted by atomic mass is 9.86. The molecule has 2 aliphatic rings. The summed E-state index contributed by atoms with van der Waals surface area (Å²) in [4.78, 5) is 24.3. The molecular weight excluding hydrogens is 450 g/mol. The summed E-state index contributed by atoms with van der Waals surface area (Å²) >= 11 is 1.67. The first-order valence-electron chi connectivity index (χ1n) is 10.8.